The summed E-state index contributed by atoms with van der Waals surface area (Å²) in [7, 11) is 3.98. The highest BCUT2D eigenvalue weighted by atomic mass is 16.3. The SMILES string of the molecule is CN(C)c1ccc(CNc2nc(-c3ccco3)nn2C(=O)c2ccco2)cc1. The minimum atomic E-state index is -0.416. The highest BCUT2D eigenvalue weighted by Crippen LogP contribution is 2.20. The van der Waals surface area contributed by atoms with Crippen molar-refractivity contribution in [1.82, 2.24) is 14.8 Å². The second-order valence-electron chi connectivity index (χ2n) is 6.35. The predicted molar refractivity (Wildman–Crippen MR) is 104 cm³/mol. The third kappa shape index (κ3) is 3.52. The second-order valence-corrected chi connectivity index (χ2v) is 6.35. The van der Waals surface area contributed by atoms with Gasteiger partial charge in [-0.15, -0.1) is 5.10 Å². The molecule has 0 aliphatic heterocycles. The maximum atomic E-state index is 12.7. The largest absolute Gasteiger partial charge is 0.461 e. The number of nitrogens with one attached hydrogen (secondary N) is 1. The molecule has 142 valence electrons. The molecule has 0 saturated carbocycles. The van der Waals surface area contributed by atoms with Crippen molar-refractivity contribution >= 4 is 17.5 Å². The van der Waals surface area contributed by atoms with Crippen LogP contribution in [0.4, 0.5) is 11.6 Å². The highest BCUT2D eigenvalue weighted by molar-refractivity contribution is 5.94. The number of hydrogen-bond donors (Lipinski definition) is 1. The number of carbonyl (C=O) groups is 1. The molecule has 0 saturated heterocycles. The molecular formula is C20H19N5O3. The van der Waals surface area contributed by atoms with E-state index in [1.807, 2.05) is 43.3 Å². The van der Waals surface area contributed by atoms with E-state index in [4.69, 9.17) is 8.83 Å². The second kappa shape index (κ2) is 7.43. The summed E-state index contributed by atoms with van der Waals surface area (Å²) < 4.78 is 11.7. The van der Waals surface area contributed by atoms with Gasteiger partial charge in [0.2, 0.25) is 11.8 Å². The summed E-state index contributed by atoms with van der Waals surface area (Å²) in [5.41, 5.74) is 2.16. The molecule has 3 heterocycles. The Labute approximate surface area is 161 Å². The van der Waals surface area contributed by atoms with Gasteiger partial charge in [-0.3, -0.25) is 4.79 Å². The lowest BCUT2D eigenvalue weighted by atomic mass is 10.2. The van der Waals surface area contributed by atoms with Gasteiger partial charge in [0, 0.05) is 26.3 Å². The van der Waals surface area contributed by atoms with Gasteiger partial charge >= 0.3 is 5.91 Å². The molecular weight excluding hydrogens is 358 g/mol. The lowest BCUT2D eigenvalue weighted by molar-refractivity contribution is 0.0919. The molecule has 4 aromatic rings. The number of hydrogen-bond acceptors (Lipinski definition) is 7. The Bertz CT molecular complexity index is 1050. The average Bonchev–Trinajstić information content (AvgIpc) is 3.47. The van der Waals surface area contributed by atoms with Crippen LogP contribution in [0.1, 0.15) is 16.1 Å². The lowest BCUT2D eigenvalue weighted by Crippen LogP contribution is -2.17. The van der Waals surface area contributed by atoms with E-state index in [0.29, 0.717) is 24.1 Å². The first-order valence-electron chi connectivity index (χ1n) is 8.71. The number of aromatic nitrogens is 3. The molecule has 0 aliphatic carbocycles. The summed E-state index contributed by atoms with van der Waals surface area (Å²) in [6.45, 7) is 0.482. The van der Waals surface area contributed by atoms with Gasteiger partial charge in [0.1, 0.15) is 0 Å². The van der Waals surface area contributed by atoms with Crippen molar-refractivity contribution in [1.29, 1.82) is 0 Å². The van der Waals surface area contributed by atoms with Gasteiger partial charge in [0.05, 0.1) is 12.5 Å². The molecule has 0 amide bonds. The van der Waals surface area contributed by atoms with E-state index in [2.05, 4.69) is 15.4 Å². The van der Waals surface area contributed by atoms with E-state index in [-0.39, 0.29) is 5.76 Å². The Morgan fingerprint density at radius 2 is 1.82 bits per heavy atom. The van der Waals surface area contributed by atoms with Crippen LogP contribution in [0.5, 0.6) is 0 Å². The number of carbonyl (C=O) groups excluding carboxylic acids is 1. The standard InChI is InChI=1S/C20H19N5O3/c1-24(2)15-9-7-14(8-10-15)13-21-20-22-18(16-5-3-11-27-16)23-25(20)19(26)17-6-4-12-28-17/h3-12H,13H2,1-2H3,(H,21,22,23). The van der Waals surface area contributed by atoms with E-state index >= 15 is 0 Å². The molecule has 8 heteroatoms. The normalized spacial score (nSPS) is 10.8. The van der Waals surface area contributed by atoms with Crippen molar-refractivity contribution in [2.75, 3.05) is 24.3 Å². The zero-order valence-electron chi connectivity index (χ0n) is 15.5. The maximum Gasteiger partial charge on any atom is 0.317 e. The van der Waals surface area contributed by atoms with Crippen molar-refractivity contribution in [3.05, 3.63) is 72.4 Å². The van der Waals surface area contributed by atoms with Crippen molar-refractivity contribution in [3.63, 3.8) is 0 Å². The average molecular weight is 377 g/mol. The van der Waals surface area contributed by atoms with E-state index in [9.17, 15) is 4.79 Å². The van der Waals surface area contributed by atoms with Crippen LogP contribution >= 0.6 is 0 Å². The molecule has 0 atom stereocenters. The molecule has 0 unspecified atom stereocenters. The fourth-order valence-electron chi connectivity index (χ4n) is 2.68. The van der Waals surface area contributed by atoms with Crippen molar-refractivity contribution in [3.8, 4) is 11.6 Å². The molecule has 1 aromatic carbocycles. The fourth-order valence-corrected chi connectivity index (χ4v) is 2.68. The van der Waals surface area contributed by atoms with Crippen LogP contribution in [0.15, 0.2) is 69.9 Å². The molecule has 1 N–H and O–H groups in total. The monoisotopic (exact) mass is 377 g/mol. The third-order valence-electron chi connectivity index (χ3n) is 4.18. The van der Waals surface area contributed by atoms with Crippen LogP contribution in [0.2, 0.25) is 0 Å². The Morgan fingerprint density at radius 1 is 1.07 bits per heavy atom. The van der Waals surface area contributed by atoms with Crippen LogP contribution in [-0.2, 0) is 6.54 Å². The Morgan fingerprint density at radius 3 is 2.46 bits per heavy atom. The minimum absolute atomic E-state index is 0.175. The highest BCUT2D eigenvalue weighted by Gasteiger charge is 2.21. The molecule has 3 aromatic heterocycles. The predicted octanol–water partition coefficient (Wildman–Crippen LogP) is 3.50. The summed E-state index contributed by atoms with van der Waals surface area (Å²) in [5.74, 6) is 0.860. The fraction of sp³-hybridized carbons (Fsp3) is 0.150. The Balaban J connectivity index is 1.60. The Kier molecular flexibility index (Phi) is 4.67. The molecule has 28 heavy (non-hydrogen) atoms. The zero-order chi connectivity index (χ0) is 19.5. The third-order valence-corrected chi connectivity index (χ3v) is 4.18. The number of nitrogens with zero attached hydrogens (tertiary/aromatic N) is 4. The first-order chi connectivity index (χ1) is 13.6. The van der Waals surface area contributed by atoms with E-state index < -0.39 is 5.91 Å². The van der Waals surface area contributed by atoms with Gasteiger partial charge in [-0.05, 0) is 42.0 Å². The Hall–Kier alpha value is -3.81. The lowest BCUT2D eigenvalue weighted by Gasteiger charge is -2.13. The molecule has 4 rings (SSSR count). The first kappa shape index (κ1) is 17.6. The number of benzene rings is 1. The van der Waals surface area contributed by atoms with E-state index in [1.54, 1.807) is 24.3 Å². The van der Waals surface area contributed by atoms with E-state index in [0.717, 1.165) is 11.3 Å². The number of rotatable bonds is 6. The van der Waals surface area contributed by atoms with Gasteiger partial charge in [-0.1, -0.05) is 12.1 Å². The van der Waals surface area contributed by atoms with Crippen LogP contribution in [0.25, 0.3) is 11.6 Å². The summed E-state index contributed by atoms with van der Waals surface area (Å²) in [6, 6.07) is 14.8. The van der Waals surface area contributed by atoms with Gasteiger partial charge in [-0.25, -0.2) is 0 Å². The molecule has 0 radical (unpaired) electrons. The van der Waals surface area contributed by atoms with Crippen molar-refractivity contribution in [2.24, 2.45) is 0 Å². The van der Waals surface area contributed by atoms with Crippen molar-refractivity contribution in [2.45, 2.75) is 6.54 Å². The van der Waals surface area contributed by atoms with Gasteiger partial charge < -0.3 is 19.1 Å². The zero-order valence-corrected chi connectivity index (χ0v) is 15.5. The van der Waals surface area contributed by atoms with E-state index in [1.165, 1.54) is 17.2 Å². The number of furan rings is 2. The van der Waals surface area contributed by atoms with Crippen LogP contribution < -0.4 is 10.2 Å². The van der Waals surface area contributed by atoms with Crippen LogP contribution in [0.3, 0.4) is 0 Å². The van der Waals surface area contributed by atoms with Gasteiger partial charge in [0.25, 0.3) is 0 Å². The summed E-state index contributed by atoms with van der Waals surface area (Å²) in [6.07, 6.45) is 2.97. The maximum absolute atomic E-state index is 12.7. The van der Waals surface area contributed by atoms with Gasteiger partial charge in [0.15, 0.2) is 11.5 Å². The molecule has 0 spiro atoms. The topological polar surface area (TPSA) is 89.3 Å². The molecule has 0 bridgehead atoms. The molecule has 8 nitrogen and oxygen atoms in total. The summed E-state index contributed by atoms with van der Waals surface area (Å²) in [4.78, 5) is 19.2. The molecule has 0 aliphatic rings. The molecule has 0 fully saturated rings. The summed E-state index contributed by atoms with van der Waals surface area (Å²) in [5, 5.41) is 7.47. The quantitative estimate of drug-likeness (QED) is 0.550. The summed E-state index contributed by atoms with van der Waals surface area (Å²) >= 11 is 0. The van der Waals surface area contributed by atoms with Crippen LogP contribution in [-0.4, -0.2) is 34.8 Å². The van der Waals surface area contributed by atoms with Crippen LogP contribution in [0, 0.1) is 0 Å². The smallest absolute Gasteiger partial charge is 0.317 e. The van der Waals surface area contributed by atoms with Crippen molar-refractivity contribution < 1.29 is 13.6 Å². The van der Waals surface area contributed by atoms with Gasteiger partial charge in [-0.2, -0.15) is 9.67 Å². The first-order valence-corrected chi connectivity index (χ1v) is 8.71. The minimum Gasteiger partial charge on any atom is -0.461 e. The number of anilines is 2.